The van der Waals surface area contributed by atoms with Crippen molar-refractivity contribution in [3.8, 4) is 11.1 Å². The van der Waals surface area contributed by atoms with Gasteiger partial charge in [0.1, 0.15) is 6.61 Å². The number of amides is 1. The number of carbonyl (C=O) groups is 1. The van der Waals surface area contributed by atoms with Gasteiger partial charge in [-0.05, 0) is 22.3 Å². The van der Waals surface area contributed by atoms with Gasteiger partial charge in [-0.15, -0.1) is 0 Å². The van der Waals surface area contributed by atoms with Crippen molar-refractivity contribution in [1.82, 2.24) is 5.32 Å². The molecule has 1 aliphatic carbocycles. The van der Waals surface area contributed by atoms with Gasteiger partial charge < -0.3 is 19.9 Å². The maximum atomic E-state index is 12.1. The van der Waals surface area contributed by atoms with E-state index < -0.39 is 18.7 Å². The van der Waals surface area contributed by atoms with E-state index in [-0.39, 0.29) is 19.1 Å². The number of hydrogen-bond acceptors (Lipinski definition) is 4. The summed E-state index contributed by atoms with van der Waals surface area (Å²) in [4.78, 5) is 12.1. The van der Waals surface area contributed by atoms with E-state index in [4.69, 9.17) is 12.2 Å². The van der Waals surface area contributed by atoms with Crippen molar-refractivity contribution < 1.29 is 22.1 Å². The van der Waals surface area contributed by atoms with Crippen LogP contribution in [0.5, 0.6) is 0 Å². The maximum absolute atomic E-state index is 12.1. The molecule has 0 aliphatic heterocycles. The molecule has 5 nitrogen and oxygen atoms in total. The van der Waals surface area contributed by atoms with E-state index in [1.807, 2.05) is 48.5 Å². The Morgan fingerprint density at radius 2 is 1.79 bits per heavy atom. The molecule has 2 N–H and O–H groups in total. The van der Waals surface area contributed by atoms with Crippen LogP contribution in [0.4, 0.5) is 4.79 Å². The smallest absolute Gasteiger partial charge is 0.407 e. The third kappa shape index (κ3) is 3.27. The van der Waals surface area contributed by atoms with Crippen LogP contribution in [-0.4, -0.2) is 44.1 Å². The van der Waals surface area contributed by atoms with Gasteiger partial charge in [-0.2, -0.15) is 0 Å². The second kappa shape index (κ2) is 7.47. The van der Waals surface area contributed by atoms with Crippen molar-refractivity contribution in [2.75, 3.05) is 26.9 Å². The normalized spacial score (nSPS) is 15.8. The van der Waals surface area contributed by atoms with Gasteiger partial charge in [0, 0.05) is 13.0 Å². The van der Waals surface area contributed by atoms with Crippen molar-refractivity contribution in [2.24, 2.45) is 0 Å². The Bertz CT molecular complexity index is 746. The van der Waals surface area contributed by atoms with Crippen LogP contribution in [0.2, 0.25) is 0 Å². The summed E-state index contributed by atoms with van der Waals surface area (Å²) in [5.41, 5.74) is 4.43. The summed E-state index contributed by atoms with van der Waals surface area (Å²) in [5.74, 6) is -0.0834. The summed E-state index contributed by atoms with van der Waals surface area (Å²) in [5, 5.41) is 11.8. The van der Waals surface area contributed by atoms with E-state index in [9.17, 15) is 9.90 Å². The lowest BCUT2D eigenvalue weighted by atomic mass is 9.98. The molecule has 1 aliphatic rings. The molecule has 1 atom stereocenters. The highest BCUT2D eigenvalue weighted by Gasteiger charge is 2.29. The number of alkyl carbamates (subject to hydrolysis) is 1. The zero-order valence-corrected chi connectivity index (χ0v) is 13.4. The van der Waals surface area contributed by atoms with Crippen LogP contribution in [0.3, 0.4) is 0 Å². The summed E-state index contributed by atoms with van der Waals surface area (Å²) in [6, 6.07) is 14.8. The predicted octanol–water partition coefficient (Wildman–Crippen LogP) is 2.53. The summed E-state index contributed by atoms with van der Waals surface area (Å²) in [7, 11) is 1.36. The van der Waals surface area contributed by atoms with E-state index in [0.717, 1.165) is 22.3 Å². The zero-order valence-electron chi connectivity index (χ0n) is 15.4. The maximum Gasteiger partial charge on any atom is 0.407 e. The summed E-state index contributed by atoms with van der Waals surface area (Å²) in [6.07, 6.45) is -0.799. The minimum atomic E-state index is -2.61. The van der Waals surface area contributed by atoms with Crippen molar-refractivity contribution >= 4 is 6.09 Å². The fourth-order valence-electron chi connectivity index (χ4n) is 3.06. The fourth-order valence-corrected chi connectivity index (χ4v) is 3.06. The quantitative estimate of drug-likeness (QED) is 0.854. The Morgan fingerprint density at radius 1 is 1.21 bits per heavy atom. The number of rotatable bonds is 6. The van der Waals surface area contributed by atoms with Gasteiger partial charge in [0.05, 0.1) is 21.9 Å². The SMILES string of the molecule is [2H]C([2H])(O)[C@@H](COC)NC(=O)OCC1c2ccccc2-c2ccccc21. The van der Waals surface area contributed by atoms with Crippen molar-refractivity contribution in [3.05, 3.63) is 59.7 Å². The molecular weight excluding hydrogens is 306 g/mol. The van der Waals surface area contributed by atoms with E-state index in [1.54, 1.807) is 0 Å². The molecular formula is C19H21NO4. The zero-order chi connectivity index (χ0) is 18.7. The molecule has 3 rings (SSSR count). The standard InChI is InChI=1S/C19H21NO4/c1-23-11-13(10-21)20-19(22)24-12-18-16-8-4-2-6-14(16)15-7-3-5-9-17(15)18/h2-9,13,18,21H,10-12H2,1H3,(H,20,22)/t13-/m0/s1/i10D2. The molecule has 24 heavy (non-hydrogen) atoms. The lowest BCUT2D eigenvalue weighted by molar-refractivity contribution is 0.105. The number of nitrogens with one attached hydrogen (secondary N) is 1. The number of hydrogen-bond donors (Lipinski definition) is 2. The molecule has 0 heterocycles. The Morgan fingerprint density at radius 3 is 2.33 bits per heavy atom. The van der Waals surface area contributed by atoms with Gasteiger partial charge in [-0.25, -0.2) is 4.79 Å². The van der Waals surface area contributed by atoms with Crippen LogP contribution in [0.1, 0.15) is 19.8 Å². The molecule has 0 saturated heterocycles. The first-order valence-corrected chi connectivity index (χ1v) is 7.74. The first kappa shape index (κ1) is 14.0. The molecule has 126 valence electrons. The second-order valence-electron chi connectivity index (χ2n) is 5.61. The van der Waals surface area contributed by atoms with Crippen LogP contribution in [0.25, 0.3) is 11.1 Å². The highest BCUT2D eigenvalue weighted by molar-refractivity contribution is 5.79. The summed E-state index contributed by atoms with van der Waals surface area (Å²) >= 11 is 0. The lowest BCUT2D eigenvalue weighted by Crippen LogP contribution is -2.41. The van der Waals surface area contributed by atoms with E-state index >= 15 is 0 Å². The topological polar surface area (TPSA) is 67.8 Å². The summed E-state index contributed by atoms with van der Waals surface area (Å²) < 4.78 is 24.9. The minimum absolute atomic E-state index is 0.0834. The number of ether oxygens (including phenoxy) is 2. The van der Waals surface area contributed by atoms with Crippen molar-refractivity contribution in [3.63, 3.8) is 0 Å². The van der Waals surface area contributed by atoms with Gasteiger partial charge >= 0.3 is 6.09 Å². The number of methoxy groups -OCH3 is 1. The van der Waals surface area contributed by atoms with Gasteiger partial charge in [0.15, 0.2) is 0 Å². The Balaban J connectivity index is 1.71. The van der Waals surface area contributed by atoms with Gasteiger partial charge in [-0.1, -0.05) is 48.5 Å². The third-order valence-corrected chi connectivity index (χ3v) is 4.12. The summed E-state index contributed by atoms with van der Waals surface area (Å²) in [6.45, 7) is -2.66. The minimum Gasteiger partial charge on any atom is -0.449 e. The molecule has 2 aromatic rings. The van der Waals surface area contributed by atoms with E-state index in [1.165, 1.54) is 7.11 Å². The van der Waals surface area contributed by atoms with Gasteiger partial charge in [-0.3, -0.25) is 0 Å². The third-order valence-electron chi connectivity index (χ3n) is 4.12. The van der Waals surface area contributed by atoms with Crippen LogP contribution in [-0.2, 0) is 9.47 Å². The average molecular weight is 329 g/mol. The highest BCUT2D eigenvalue weighted by Crippen LogP contribution is 2.44. The van der Waals surface area contributed by atoms with E-state index in [0.29, 0.717) is 0 Å². The largest absolute Gasteiger partial charge is 0.449 e. The first-order chi connectivity index (χ1) is 12.4. The monoisotopic (exact) mass is 329 g/mol. The molecule has 0 bridgehead atoms. The molecule has 0 fully saturated rings. The number of carbonyl (C=O) groups excluding carboxylic acids is 1. The Kier molecular flexibility index (Phi) is 4.36. The van der Waals surface area contributed by atoms with Crippen LogP contribution in [0.15, 0.2) is 48.5 Å². The number of fused-ring (bicyclic) bond motifs is 3. The number of benzene rings is 2. The molecule has 0 spiro atoms. The molecule has 0 saturated carbocycles. The van der Waals surface area contributed by atoms with Crippen LogP contribution in [0, 0.1) is 0 Å². The Hall–Kier alpha value is -2.37. The second-order valence-corrected chi connectivity index (χ2v) is 5.61. The van der Waals surface area contributed by atoms with Gasteiger partial charge in [0.25, 0.3) is 0 Å². The molecule has 0 aromatic heterocycles. The molecule has 1 amide bonds. The first-order valence-electron chi connectivity index (χ1n) is 8.74. The molecule has 2 aromatic carbocycles. The van der Waals surface area contributed by atoms with Crippen molar-refractivity contribution in [1.29, 1.82) is 0 Å². The van der Waals surface area contributed by atoms with Crippen molar-refractivity contribution in [2.45, 2.75) is 12.0 Å². The number of aliphatic hydroxyl groups is 1. The van der Waals surface area contributed by atoms with Gasteiger partial charge in [0.2, 0.25) is 0 Å². The van der Waals surface area contributed by atoms with Crippen LogP contribution >= 0.6 is 0 Å². The molecule has 0 unspecified atom stereocenters. The predicted molar refractivity (Wildman–Crippen MR) is 91.0 cm³/mol. The van der Waals surface area contributed by atoms with E-state index in [2.05, 4.69) is 5.32 Å². The molecule has 5 heteroatoms. The Labute approximate surface area is 144 Å². The highest BCUT2D eigenvalue weighted by atomic mass is 16.5. The fraction of sp³-hybridized carbons (Fsp3) is 0.316. The molecule has 0 radical (unpaired) electrons. The lowest BCUT2D eigenvalue weighted by Gasteiger charge is -2.17. The van der Waals surface area contributed by atoms with Crippen LogP contribution < -0.4 is 5.32 Å². The average Bonchev–Trinajstić information content (AvgIpc) is 2.93.